The number of unbranched alkanes of at least 4 members (excludes halogenated alkanes) is 18. The Morgan fingerprint density at radius 3 is 1.26 bits per heavy atom. The predicted molar refractivity (Wildman–Crippen MR) is 185 cm³/mol. The molecule has 0 saturated carbocycles. The molecule has 0 aromatic heterocycles. The van der Waals surface area contributed by atoms with Crippen molar-refractivity contribution in [1.82, 2.24) is 0 Å². The van der Waals surface area contributed by atoms with Gasteiger partial charge in [-0.25, -0.2) is 0 Å². The molecule has 2 rings (SSSR count). The minimum Gasteiger partial charge on any atom is -0.266 e. The van der Waals surface area contributed by atoms with Crippen molar-refractivity contribution >= 4 is 69.2 Å². The Labute approximate surface area is 305 Å². The molecule has 0 atom stereocenters. The van der Waals surface area contributed by atoms with Gasteiger partial charge in [0.15, 0.2) is 0 Å². The summed E-state index contributed by atoms with van der Waals surface area (Å²) in [5, 5.41) is 0. The average Bonchev–Trinajstić information content (AvgIpc) is 2.98. The van der Waals surface area contributed by atoms with Gasteiger partial charge in [-0.1, -0.05) is 178 Å². The molecule has 0 bridgehead atoms. The summed E-state index contributed by atoms with van der Waals surface area (Å²) < 4.78 is 28.8. The molecule has 0 heterocycles. The molecular weight excluding hydrogens is 558 g/mol. The molecule has 3 nitrogen and oxygen atoms in total. The Balaban J connectivity index is 0. The molecule has 230 valence electrons. The zero-order valence-electron chi connectivity index (χ0n) is 28.0. The van der Waals surface area contributed by atoms with Crippen molar-refractivity contribution < 1.29 is 12.6 Å². The van der Waals surface area contributed by atoms with Gasteiger partial charge in [0.2, 0.25) is 0 Å². The van der Waals surface area contributed by atoms with E-state index < -0.39 is 10.1 Å². The average molecular weight is 619 g/mol. The van der Waals surface area contributed by atoms with Gasteiger partial charge in [-0.15, -0.1) is 0 Å². The van der Waals surface area contributed by atoms with Gasteiger partial charge in [0.25, 0.3) is 10.1 Å². The van der Waals surface area contributed by atoms with Crippen LogP contribution < -0.4 is 0 Å². The maximum absolute atomic E-state index is 11.9. The number of hydrogen-bond donors (Lipinski definition) is 0. The van der Waals surface area contributed by atoms with Crippen LogP contribution in [0.4, 0.5) is 0 Å². The first-order valence-corrected chi connectivity index (χ1v) is 18.0. The minimum absolute atomic E-state index is 0. The van der Waals surface area contributed by atoms with Gasteiger partial charge < -0.3 is 0 Å². The topological polar surface area (TPSA) is 43.4 Å². The summed E-state index contributed by atoms with van der Waals surface area (Å²) in [6.45, 7) is 4.81. The first-order chi connectivity index (χ1) is 19.6. The third-order valence-corrected chi connectivity index (χ3v) is 8.76. The molecule has 0 spiro atoms. The second-order valence-corrected chi connectivity index (χ2v) is 12.8. The van der Waals surface area contributed by atoms with Gasteiger partial charge in [0.1, 0.15) is 0 Å². The fourth-order valence-electron chi connectivity index (χ4n) is 4.87. The van der Waals surface area contributed by atoms with Gasteiger partial charge in [-0.2, -0.15) is 8.42 Å². The summed E-state index contributed by atoms with van der Waals surface area (Å²) in [6.07, 6.45) is 27.8. The summed E-state index contributed by atoms with van der Waals surface area (Å²) in [4.78, 5) is 0.238. The smallest absolute Gasteiger partial charge is 0.266 e. The molecule has 2 aromatic rings. The van der Waals surface area contributed by atoms with Gasteiger partial charge in [0.05, 0.1) is 11.5 Å². The van der Waals surface area contributed by atoms with E-state index in [9.17, 15) is 8.42 Å². The normalized spacial score (nSPS) is 10.7. The van der Waals surface area contributed by atoms with E-state index in [1.54, 1.807) is 30.3 Å². The number of rotatable bonds is 24. The van der Waals surface area contributed by atoms with Crippen molar-refractivity contribution in [1.29, 1.82) is 0 Å². The molecule has 42 heavy (non-hydrogen) atoms. The maximum Gasteiger partial charge on any atom is 0.296 e. The van der Waals surface area contributed by atoms with Crippen molar-refractivity contribution in [2.24, 2.45) is 0 Å². The Morgan fingerprint density at radius 2 is 0.833 bits per heavy atom. The Hall–Kier alpha value is 0.350. The predicted octanol–water partition coefficient (Wildman–Crippen LogP) is 10.7. The number of benzene rings is 2. The Kier molecular flexibility index (Phi) is 34.7. The summed E-state index contributed by atoms with van der Waals surface area (Å²) in [5.74, 6) is 0. The summed E-state index contributed by atoms with van der Waals surface area (Å²) >= 11 is 0. The van der Waals surface area contributed by atoms with Crippen molar-refractivity contribution in [2.45, 2.75) is 154 Å². The second-order valence-electron chi connectivity index (χ2n) is 11.2. The van der Waals surface area contributed by atoms with Crippen LogP contribution in [0.2, 0.25) is 0 Å². The minimum atomic E-state index is -3.57. The van der Waals surface area contributed by atoms with Crippen LogP contribution in [0.5, 0.6) is 0 Å². The van der Waals surface area contributed by atoms with Crippen LogP contribution in [-0.4, -0.2) is 74.1 Å². The van der Waals surface area contributed by atoms with E-state index in [4.69, 9.17) is 4.18 Å². The Bertz CT molecular complexity index is 892. The van der Waals surface area contributed by atoms with Crippen LogP contribution in [0.15, 0.2) is 65.6 Å². The number of aryl methyl sites for hydroxylation is 1. The molecule has 6 heteroatoms. The van der Waals surface area contributed by atoms with E-state index in [0.717, 1.165) is 12.8 Å². The van der Waals surface area contributed by atoms with E-state index in [0.29, 0.717) is 0 Å². The summed E-state index contributed by atoms with van der Waals surface area (Å²) in [5.41, 5.74) is 1.50. The SMILES string of the molecule is CCCCCCCCCCCCOS(=O)(=O)c1ccccc1.CCCCCCCCCCCCc1ccccc1.[Na].[Na]. The maximum atomic E-state index is 11.9. The van der Waals surface area contributed by atoms with E-state index in [1.165, 1.54) is 128 Å². The van der Waals surface area contributed by atoms with Gasteiger partial charge in [-0.3, -0.25) is 4.18 Å². The van der Waals surface area contributed by atoms with Gasteiger partial charge >= 0.3 is 0 Å². The van der Waals surface area contributed by atoms with Crippen LogP contribution in [-0.2, 0) is 20.7 Å². The van der Waals surface area contributed by atoms with Crippen molar-refractivity contribution in [2.75, 3.05) is 6.61 Å². The fraction of sp³-hybridized carbons (Fsp3) is 0.667. The zero-order valence-corrected chi connectivity index (χ0v) is 32.8. The molecule has 0 aliphatic carbocycles. The molecule has 0 aliphatic rings. The molecule has 0 amide bonds. The zero-order chi connectivity index (χ0) is 29.0. The molecule has 2 aromatic carbocycles. The number of hydrogen-bond acceptors (Lipinski definition) is 3. The molecular formula is C36H60Na2O3S. The molecule has 2 radical (unpaired) electrons. The van der Waals surface area contributed by atoms with Crippen LogP contribution >= 0.6 is 0 Å². The Morgan fingerprint density at radius 1 is 0.476 bits per heavy atom. The monoisotopic (exact) mass is 618 g/mol. The molecule has 0 fully saturated rings. The standard InChI is InChI=1S/C18H30O3S.C18H30.2Na/c1-2-3-4-5-6-7-8-9-10-14-17-21-22(19,20)18-15-12-11-13-16-18;1-2-3-4-5-6-7-8-9-10-12-15-18-16-13-11-14-17-18;;/h11-13,15-16H,2-10,14,17H2,1H3;11,13-14,16-17H,2-10,12,15H2,1H3;;. The van der Waals surface area contributed by atoms with Crippen molar-refractivity contribution in [3.8, 4) is 0 Å². The molecule has 0 saturated heterocycles. The first kappa shape index (κ1) is 44.5. The van der Waals surface area contributed by atoms with E-state index in [1.807, 2.05) is 0 Å². The van der Waals surface area contributed by atoms with Crippen molar-refractivity contribution in [3.63, 3.8) is 0 Å². The van der Waals surface area contributed by atoms with E-state index >= 15 is 0 Å². The third-order valence-electron chi connectivity index (χ3n) is 7.43. The van der Waals surface area contributed by atoms with Crippen LogP contribution in [0.25, 0.3) is 0 Å². The fourth-order valence-corrected chi connectivity index (χ4v) is 5.84. The molecule has 0 N–H and O–H groups in total. The van der Waals surface area contributed by atoms with Crippen LogP contribution in [0.1, 0.15) is 148 Å². The second kappa shape index (κ2) is 32.7. The van der Waals surface area contributed by atoms with Gasteiger partial charge in [-0.05, 0) is 37.0 Å². The van der Waals surface area contributed by atoms with Crippen LogP contribution in [0, 0.1) is 0 Å². The van der Waals surface area contributed by atoms with Crippen LogP contribution in [0.3, 0.4) is 0 Å². The molecule has 0 unspecified atom stereocenters. The first-order valence-electron chi connectivity index (χ1n) is 16.6. The third kappa shape index (κ3) is 26.7. The largest absolute Gasteiger partial charge is 0.296 e. The van der Waals surface area contributed by atoms with E-state index in [2.05, 4.69) is 44.2 Å². The molecule has 0 aliphatic heterocycles. The van der Waals surface area contributed by atoms with Gasteiger partial charge in [0, 0.05) is 59.1 Å². The summed E-state index contributed by atoms with van der Waals surface area (Å²) in [6, 6.07) is 19.2. The quantitative estimate of drug-likeness (QED) is 0.0668. The van der Waals surface area contributed by atoms with Crippen molar-refractivity contribution in [3.05, 3.63) is 66.2 Å². The summed E-state index contributed by atoms with van der Waals surface area (Å²) in [7, 11) is -3.57. The van der Waals surface area contributed by atoms with E-state index in [-0.39, 0.29) is 70.6 Å².